The van der Waals surface area contributed by atoms with Gasteiger partial charge in [0, 0.05) is 12.0 Å². The summed E-state index contributed by atoms with van der Waals surface area (Å²) >= 11 is 0. The highest BCUT2D eigenvalue weighted by molar-refractivity contribution is 5.89. The topological polar surface area (TPSA) is 58.9 Å². The molecule has 2 aromatic rings. The molecule has 1 N–H and O–H groups in total. The summed E-state index contributed by atoms with van der Waals surface area (Å²) in [5.74, 6) is 0.0201. The van der Waals surface area contributed by atoms with Crippen LogP contribution < -0.4 is 9.22 Å². The van der Waals surface area contributed by atoms with Gasteiger partial charge in [-0.2, -0.15) is 0 Å². The Kier molecular flexibility index (Phi) is 9.53. The Morgan fingerprint density at radius 2 is 1.32 bits per heavy atom. The first kappa shape index (κ1) is 29.8. The lowest BCUT2D eigenvalue weighted by Gasteiger charge is -2.53. The van der Waals surface area contributed by atoms with Crippen LogP contribution >= 0.6 is 0 Å². The van der Waals surface area contributed by atoms with Gasteiger partial charge < -0.3 is 9.84 Å². The summed E-state index contributed by atoms with van der Waals surface area (Å²) in [5, 5.41) is 11.0. The number of carboxylic acid groups (broad SMARTS) is 1. The minimum Gasteiger partial charge on any atom is -0.477 e. The number of hydrogen-bond donors (Lipinski definition) is 1. The van der Waals surface area contributed by atoms with Crippen molar-refractivity contribution in [1.82, 2.24) is 4.48 Å². The Hall–Kier alpha value is -2.66. The summed E-state index contributed by atoms with van der Waals surface area (Å²) < 4.78 is 7.44. The standard InChI is InChI=1S/C36H50N2O3/c1-35(2)29-22-17-19-24-31(29)38(36(35)28-37-30-23-18-20-26-33(30)41-36)27-21-15-13-11-9-7-5-3-4-6-8-10-12-14-16-25-32(38)34(39)40/h17-20,22-24,26,28,32H,3-16,21,25,27H2,1-2H3/p+1. The van der Waals surface area contributed by atoms with Gasteiger partial charge in [0.2, 0.25) is 0 Å². The highest BCUT2D eigenvalue weighted by atomic mass is 16.5. The van der Waals surface area contributed by atoms with E-state index in [0.29, 0.717) is 6.42 Å². The minimum absolute atomic E-state index is 0.281. The van der Waals surface area contributed by atoms with Crippen molar-refractivity contribution >= 4 is 23.6 Å². The van der Waals surface area contributed by atoms with Gasteiger partial charge in [-0.15, -0.1) is 0 Å². The zero-order chi connectivity index (χ0) is 28.8. The molecule has 0 saturated carbocycles. The molecule has 3 aliphatic heterocycles. The number of nitrogens with zero attached hydrogens (tertiary/aromatic N) is 2. The monoisotopic (exact) mass is 559 g/mol. The molecule has 5 heteroatoms. The Labute approximate surface area is 247 Å². The number of fused-ring (bicyclic) bond motifs is 4. The number of carbonyl (C=O) groups is 1. The van der Waals surface area contributed by atoms with Gasteiger partial charge in [0.1, 0.15) is 17.6 Å². The van der Waals surface area contributed by atoms with E-state index in [1.54, 1.807) is 0 Å². The predicted molar refractivity (Wildman–Crippen MR) is 169 cm³/mol. The van der Waals surface area contributed by atoms with Crippen LogP contribution in [0.15, 0.2) is 53.5 Å². The molecule has 5 rings (SSSR count). The van der Waals surface area contributed by atoms with E-state index in [9.17, 15) is 9.90 Å². The highest BCUT2D eigenvalue weighted by Crippen LogP contribution is 2.59. The van der Waals surface area contributed by atoms with Crippen LogP contribution in [0.1, 0.15) is 122 Å². The Balaban J connectivity index is 1.57. The van der Waals surface area contributed by atoms with Crippen molar-refractivity contribution in [3.8, 4) is 5.75 Å². The van der Waals surface area contributed by atoms with Crippen molar-refractivity contribution in [2.45, 2.75) is 134 Å². The number of para-hydroxylation sites is 3. The first-order valence-electron chi connectivity index (χ1n) is 16.5. The van der Waals surface area contributed by atoms with Crippen molar-refractivity contribution < 1.29 is 14.6 Å². The van der Waals surface area contributed by atoms with Gasteiger partial charge in [0.25, 0.3) is 5.72 Å². The molecule has 2 aromatic carbocycles. The smallest absolute Gasteiger partial charge is 0.363 e. The first-order valence-corrected chi connectivity index (χ1v) is 16.5. The Morgan fingerprint density at radius 3 is 1.95 bits per heavy atom. The molecule has 3 heterocycles. The van der Waals surface area contributed by atoms with Gasteiger partial charge in [-0.05, 0) is 51.3 Å². The number of hydrogen-bond acceptors (Lipinski definition) is 3. The maximum Gasteiger partial charge on any atom is 0.363 e. The van der Waals surface area contributed by atoms with Gasteiger partial charge in [-0.1, -0.05) is 107 Å². The van der Waals surface area contributed by atoms with Crippen LogP contribution in [-0.2, 0) is 10.2 Å². The average Bonchev–Trinajstić information content (AvgIpc) is 3.12. The molecule has 0 aromatic heterocycles. The maximum atomic E-state index is 13.5. The third kappa shape index (κ3) is 5.59. The van der Waals surface area contributed by atoms with Crippen LogP contribution in [-0.4, -0.2) is 35.6 Å². The van der Waals surface area contributed by atoms with Crippen molar-refractivity contribution in [1.29, 1.82) is 0 Å². The van der Waals surface area contributed by atoms with Gasteiger partial charge in [-0.25, -0.2) is 14.3 Å². The second-order valence-corrected chi connectivity index (χ2v) is 13.2. The summed E-state index contributed by atoms with van der Waals surface area (Å²) in [6.45, 7) is 5.18. The molecule has 2 spiro atoms. The van der Waals surface area contributed by atoms with E-state index in [1.165, 1.54) is 76.2 Å². The van der Waals surface area contributed by atoms with Crippen molar-refractivity contribution in [2.24, 2.45) is 4.99 Å². The zero-order valence-electron chi connectivity index (χ0n) is 25.5. The number of aliphatic carboxylic acids is 1. The van der Waals surface area contributed by atoms with E-state index in [2.05, 4.69) is 38.1 Å². The third-order valence-electron chi connectivity index (χ3n) is 10.3. The average molecular weight is 560 g/mol. The molecular weight excluding hydrogens is 508 g/mol. The van der Waals surface area contributed by atoms with E-state index < -0.39 is 23.2 Å². The second-order valence-electron chi connectivity index (χ2n) is 13.2. The molecule has 1 saturated heterocycles. The van der Waals surface area contributed by atoms with Crippen LogP contribution in [0.4, 0.5) is 11.4 Å². The third-order valence-corrected chi connectivity index (χ3v) is 10.3. The van der Waals surface area contributed by atoms with Crippen LogP contribution in [0.25, 0.3) is 0 Å². The molecule has 3 atom stereocenters. The second kappa shape index (κ2) is 13.1. The highest BCUT2D eigenvalue weighted by Gasteiger charge is 2.74. The summed E-state index contributed by atoms with van der Waals surface area (Å²) in [6, 6.07) is 15.9. The lowest BCUT2D eigenvalue weighted by molar-refractivity contribution is -0.152. The molecule has 41 heavy (non-hydrogen) atoms. The fourth-order valence-electron chi connectivity index (χ4n) is 8.07. The fraction of sp³-hybridized carbons (Fsp3) is 0.611. The molecule has 222 valence electrons. The SMILES string of the molecule is CC1(C)c2ccccc2[N+]2(CCCCCCCCCCCCCCCCCC2C(=O)O)C12C=Nc1ccccc1O2. The van der Waals surface area contributed by atoms with Gasteiger partial charge >= 0.3 is 5.97 Å². The van der Waals surface area contributed by atoms with E-state index in [4.69, 9.17) is 9.73 Å². The van der Waals surface area contributed by atoms with Crippen molar-refractivity contribution in [3.63, 3.8) is 0 Å². The summed E-state index contributed by atoms with van der Waals surface area (Å²) in [6.07, 6.45) is 21.0. The van der Waals surface area contributed by atoms with Gasteiger partial charge in [-0.3, -0.25) is 0 Å². The molecule has 0 amide bonds. The molecule has 5 nitrogen and oxygen atoms in total. The quantitative estimate of drug-likeness (QED) is 0.354. The molecule has 0 bridgehead atoms. The Bertz CT molecular complexity index is 1210. The van der Waals surface area contributed by atoms with E-state index in [1.807, 2.05) is 30.5 Å². The van der Waals surface area contributed by atoms with Gasteiger partial charge in [0.15, 0.2) is 11.8 Å². The number of benzene rings is 2. The lowest BCUT2D eigenvalue weighted by atomic mass is 9.76. The summed E-state index contributed by atoms with van der Waals surface area (Å²) in [4.78, 5) is 18.5. The van der Waals surface area contributed by atoms with E-state index >= 15 is 0 Å². The number of carboxylic acids is 1. The molecule has 0 radical (unpaired) electrons. The molecular formula is C36H51N2O3+. The molecule has 3 unspecified atom stereocenters. The molecule has 0 aliphatic carbocycles. The maximum absolute atomic E-state index is 13.5. The van der Waals surface area contributed by atoms with Crippen molar-refractivity contribution in [3.05, 3.63) is 54.1 Å². The van der Waals surface area contributed by atoms with Crippen LogP contribution in [0.2, 0.25) is 0 Å². The first-order chi connectivity index (χ1) is 19.9. The normalized spacial score (nSPS) is 29.5. The summed E-state index contributed by atoms with van der Waals surface area (Å²) in [7, 11) is 0. The van der Waals surface area contributed by atoms with Crippen LogP contribution in [0, 0.1) is 0 Å². The number of aliphatic imine (C=N–C) groups is 1. The zero-order valence-corrected chi connectivity index (χ0v) is 25.5. The number of ether oxygens (including phenoxy) is 1. The fourth-order valence-corrected chi connectivity index (χ4v) is 8.07. The summed E-state index contributed by atoms with van der Waals surface area (Å²) in [5.41, 5.74) is 1.65. The van der Waals surface area contributed by atoms with Crippen LogP contribution in [0.5, 0.6) is 5.75 Å². The lowest BCUT2D eigenvalue weighted by Crippen LogP contribution is -2.78. The Morgan fingerprint density at radius 1 is 0.780 bits per heavy atom. The predicted octanol–water partition coefficient (Wildman–Crippen LogP) is 9.48. The molecule has 1 fully saturated rings. The largest absolute Gasteiger partial charge is 0.477 e. The van der Waals surface area contributed by atoms with E-state index in [0.717, 1.165) is 49.4 Å². The van der Waals surface area contributed by atoms with Crippen molar-refractivity contribution in [2.75, 3.05) is 6.54 Å². The number of rotatable bonds is 1. The minimum atomic E-state index is -0.952. The molecule has 3 aliphatic rings. The van der Waals surface area contributed by atoms with E-state index in [-0.39, 0.29) is 4.48 Å². The van der Waals surface area contributed by atoms with Gasteiger partial charge in [0.05, 0.1) is 12.0 Å². The number of quaternary nitrogens is 1. The van der Waals surface area contributed by atoms with Crippen LogP contribution in [0.3, 0.4) is 0 Å².